The van der Waals surface area contributed by atoms with Gasteiger partial charge in [0, 0.05) is 6.61 Å². The van der Waals surface area contributed by atoms with Crippen LogP contribution in [0.5, 0.6) is 0 Å². The van der Waals surface area contributed by atoms with Gasteiger partial charge in [-0.15, -0.1) is 0 Å². The fourth-order valence-electron chi connectivity index (χ4n) is 2.67. The average Bonchev–Trinajstić information content (AvgIpc) is 2.85. The Labute approximate surface area is 75.2 Å². The Kier molecular flexibility index (Phi) is 2.69. The lowest BCUT2D eigenvalue weighted by Gasteiger charge is -2.21. The molecule has 2 atom stereocenters. The molecule has 2 fully saturated rings. The molecule has 0 spiro atoms. The van der Waals surface area contributed by atoms with E-state index in [0.29, 0.717) is 12.5 Å². The third-order valence-electron chi connectivity index (χ3n) is 3.66. The predicted octanol–water partition coefficient (Wildman–Crippen LogP) is 2.59. The number of aliphatic hydroxyl groups is 1. The number of rotatable bonds is 3. The molecule has 0 bridgehead atoms. The van der Waals surface area contributed by atoms with E-state index in [9.17, 15) is 0 Å². The summed E-state index contributed by atoms with van der Waals surface area (Å²) in [6.45, 7) is 0.442. The second-order valence-electron chi connectivity index (χ2n) is 4.68. The van der Waals surface area contributed by atoms with Crippen LogP contribution in [0.1, 0.15) is 44.9 Å². The number of hydrogen-bond acceptors (Lipinski definition) is 1. The van der Waals surface area contributed by atoms with Crippen molar-refractivity contribution >= 4 is 0 Å². The van der Waals surface area contributed by atoms with Crippen molar-refractivity contribution in [1.82, 2.24) is 0 Å². The van der Waals surface area contributed by atoms with Gasteiger partial charge in [-0.3, -0.25) is 0 Å². The highest BCUT2D eigenvalue weighted by atomic mass is 16.3. The summed E-state index contributed by atoms with van der Waals surface area (Å²) < 4.78 is 0. The van der Waals surface area contributed by atoms with Gasteiger partial charge in [0.2, 0.25) is 0 Å². The van der Waals surface area contributed by atoms with Gasteiger partial charge in [-0.2, -0.15) is 0 Å². The van der Waals surface area contributed by atoms with Crippen molar-refractivity contribution in [2.45, 2.75) is 44.9 Å². The van der Waals surface area contributed by atoms with Crippen LogP contribution in [-0.2, 0) is 0 Å². The summed E-state index contributed by atoms with van der Waals surface area (Å²) >= 11 is 0. The first-order valence-electron chi connectivity index (χ1n) is 5.51. The first-order chi connectivity index (χ1) is 5.90. The van der Waals surface area contributed by atoms with Gasteiger partial charge in [0.15, 0.2) is 0 Å². The minimum absolute atomic E-state index is 0.442. The maximum Gasteiger partial charge on any atom is 0.0462 e. The van der Waals surface area contributed by atoms with E-state index in [1.54, 1.807) is 0 Å². The second kappa shape index (κ2) is 3.78. The lowest BCUT2D eigenvalue weighted by molar-refractivity contribution is 0.256. The molecule has 0 amide bonds. The Bertz CT molecular complexity index is 138. The van der Waals surface area contributed by atoms with E-state index in [2.05, 4.69) is 0 Å². The summed E-state index contributed by atoms with van der Waals surface area (Å²) in [6.07, 6.45) is 10.1. The van der Waals surface area contributed by atoms with Gasteiger partial charge in [-0.05, 0) is 30.6 Å². The topological polar surface area (TPSA) is 20.2 Å². The minimum atomic E-state index is 0.442. The number of hydrogen-bond donors (Lipinski definition) is 1. The molecular weight excluding hydrogens is 148 g/mol. The van der Waals surface area contributed by atoms with Gasteiger partial charge in [-0.25, -0.2) is 0 Å². The summed E-state index contributed by atoms with van der Waals surface area (Å²) in [7, 11) is 0. The quantitative estimate of drug-likeness (QED) is 0.686. The molecule has 2 aliphatic rings. The highest BCUT2D eigenvalue weighted by Gasteiger charge is 2.37. The monoisotopic (exact) mass is 168 g/mol. The molecule has 2 unspecified atom stereocenters. The number of aliphatic hydroxyl groups excluding tert-OH is 1. The van der Waals surface area contributed by atoms with Gasteiger partial charge in [0.1, 0.15) is 0 Å². The van der Waals surface area contributed by atoms with Crippen LogP contribution in [0, 0.1) is 17.8 Å². The average molecular weight is 168 g/mol. The zero-order valence-corrected chi connectivity index (χ0v) is 7.84. The van der Waals surface area contributed by atoms with Crippen molar-refractivity contribution in [2.75, 3.05) is 6.61 Å². The van der Waals surface area contributed by atoms with Crippen molar-refractivity contribution < 1.29 is 5.11 Å². The fraction of sp³-hybridized carbons (Fsp3) is 1.00. The third-order valence-corrected chi connectivity index (χ3v) is 3.66. The van der Waals surface area contributed by atoms with Gasteiger partial charge < -0.3 is 5.11 Å². The van der Waals surface area contributed by atoms with Crippen LogP contribution in [0.2, 0.25) is 0 Å². The van der Waals surface area contributed by atoms with E-state index in [0.717, 1.165) is 11.8 Å². The van der Waals surface area contributed by atoms with Crippen molar-refractivity contribution in [3.63, 3.8) is 0 Å². The van der Waals surface area contributed by atoms with Gasteiger partial charge in [-0.1, -0.05) is 32.1 Å². The van der Waals surface area contributed by atoms with Gasteiger partial charge in [0.25, 0.3) is 0 Å². The predicted molar refractivity (Wildman–Crippen MR) is 49.9 cm³/mol. The minimum Gasteiger partial charge on any atom is -0.396 e. The molecule has 0 aromatic carbocycles. The Hall–Kier alpha value is -0.0400. The lowest BCUT2D eigenvalue weighted by atomic mass is 9.85. The van der Waals surface area contributed by atoms with Gasteiger partial charge in [0.05, 0.1) is 0 Å². The first kappa shape index (κ1) is 8.55. The summed E-state index contributed by atoms with van der Waals surface area (Å²) in [5.74, 6) is 2.60. The van der Waals surface area contributed by atoms with Crippen molar-refractivity contribution in [2.24, 2.45) is 17.8 Å². The van der Waals surface area contributed by atoms with Crippen LogP contribution in [0.3, 0.4) is 0 Å². The third kappa shape index (κ3) is 2.01. The molecule has 0 radical (unpaired) electrons. The van der Waals surface area contributed by atoms with Crippen molar-refractivity contribution in [3.05, 3.63) is 0 Å². The molecule has 0 aromatic heterocycles. The summed E-state index contributed by atoms with van der Waals surface area (Å²) in [6, 6.07) is 0. The normalized spacial score (nSPS) is 36.8. The van der Waals surface area contributed by atoms with E-state index < -0.39 is 0 Å². The molecule has 2 aliphatic carbocycles. The molecule has 12 heavy (non-hydrogen) atoms. The molecule has 0 aromatic rings. The smallest absolute Gasteiger partial charge is 0.0462 e. The molecule has 1 nitrogen and oxygen atoms in total. The Morgan fingerprint density at radius 2 is 1.75 bits per heavy atom. The van der Waals surface area contributed by atoms with Crippen LogP contribution in [0.4, 0.5) is 0 Å². The second-order valence-corrected chi connectivity index (χ2v) is 4.68. The first-order valence-corrected chi connectivity index (χ1v) is 5.51. The SMILES string of the molecule is OCC1CC1CC1CCCCC1. The summed E-state index contributed by atoms with van der Waals surface area (Å²) in [5, 5.41) is 8.91. The molecule has 70 valence electrons. The van der Waals surface area contributed by atoms with Crippen molar-refractivity contribution in [1.29, 1.82) is 0 Å². The Morgan fingerprint density at radius 1 is 1.00 bits per heavy atom. The van der Waals surface area contributed by atoms with E-state index in [4.69, 9.17) is 5.11 Å². The molecule has 1 N–H and O–H groups in total. The van der Waals surface area contributed by atoms with E-state index in [1.807, 2.05) is 0 Å². The van der Waals surface area contributed by atoms with E-state index in [-0.39, 0.29) is 0 Å². The molecule has 2 saturated carbocycles. The lowest BCUT2D eigenvalue weighted by Crippen LogP contribution is -2.07. The van der Waals surface area contributed by atoms with Gasteiger partial charge >= 0.3 is 0 Å². The largest absolute Gasteiger partial charge is 0.396 e. The molecule has 0 heterocycles. The highest BCUT2D eigenvalue weighted by molar-refractivity contribution is 4.87. The fourth-order valence-corrected chi connectivity index (χ4v) is 2.67. The zero-order valence-electron chi connectivity index (χ0n) is 7.84. The molecule has 1 heteroatoms. The van der Waals surface area contributed by atoms with Crippen LogP contribution in [-0.4, -0.2) is 11.7 Å². The highest BCUT2D eigenvalue weighted by Crippen LogP contribution is 2.45. The summed E-state index contributed by atoms with van der Waals surface area (Å²) in [4.78, 5) is 0. The Morgan fingerprint density at radius 3 is 2.33 bits per heavy atom. The van der Waals surface area contributed by atoms with E-state index >= 15 is 0 Å². The Balaban J connectivity index is 1.66. The van der Waals surface area contributed by atoms with E-state index in [1.165, 1.54) is 44.9 Å². The molecule has 0 saturated heterocycles. The molecule has 2 rings (SSSR count). The van der Waals surface area contributed by atoms with Crippen LogP contribution in [0.25, 0.3) is 0 Å². The van der Waals surface area contributed by atoms with Crippen molar-refractivity contribution in [3.8, 4) is 0 Å². The van der Waals surface area contributed by atoms with Crippen LogP contribution >= 0.6 is 0 Å². The zero-order chi connectivity index (χ0) is 8.39. The standard InChI is InChI=1S/C11H20O/c12-8-11-7-10(11)6-9-4-2-1-3-5-9/h9-12H,1-8H2. The van der Waals surface area contributed by atoms with Crippen LogP contribution < -0.4 is 0 Å². The molecular formula is C11H20O. The maximum absolute atomic E-state index is 8.91. The maximum atomic E-state index is 8.91. The summed E-state index contributed by atoms with van der Waals surface area (Å²) in [5.41, 5.74) is 0. The molecule has 0 aliphatic heterocycles. The van der Waals surface area contributed by atoms with Crippen LogP contribution in [0.15, 0.2) is 0 Å².